The van der Waals surface area contributed by atoms with Crippen LogP contribution in [0.2, 0.25) is 5.02 Å². The molecule has 0 heterocycles. The van der Waals surface area contributed by atoms with Gasteiger partial charge in [-0.15, -0.1) is 0 Å². The minimum atomic E-state index is -4.12. The summed E-state index contributed by atoms with van der Waals surface area (Å²) in [6.45, 7) is 10.7. The van der Waals surface area contributed by atoms with Crippen molar-refractivity contribution in [2.75, 3.05) is 10.8 Å². The van der Waals surface area contributed by atoms with E-state index in [1.54, 1.807) is 55.5 Å². The lowest BCUT2D eigenvalue weighted by molar-refractivity contribution is -0.139. The summed E-state index contributed by atoms with van der Waals surface area (Å²) in [5, 5.41) is 3.38. The maximum Gasteiger partial charge on any atom is 0.264 e. The standard InChI is InChI=1S/C31H38ClN3O4S/c1-7-24(5)33-31(37)25(6)34(19-26-10-8-9-11-29(26)32)30(36)20-35(27-17-22(3)16-23(4)18-27)40(38,39)28-14-12-21(2)13-15-28/h8-18,24-25H,7,19-20H2,1-6H3,(H,33,37)/t24-,25-/m0/s1. The quantitative estimate of drug-likeness (QED) is 0.309. The third-order valence-corrected chi connectivity index (χ3v) is 9.01. The first-order valence-corrected chi connectivity index (χ1v) is 15.2. The lowest BCUT2D eigenvalue weighted by Gasteiger charge is -2.32. The molecule has 0 bridgehead atoms. The van der Waals surface area contributed by atoms with Crippen LogP contribution in [-0.2, 0) is 26.2 Å². The average molecular weight is 584 g/mol. The van der Waals surface area contributed by atoms with Gasteiger partial charge in [-0.3, -0.25) is 13.9 Å². The topological polar surface area (TPSA) is 86.8 Å². The van der Waals surface area contributed by atoms with Crippen molar-refractivity contribution >= 4 is 39.1 Å². The van der Waals surface area contributed by atoms with Crippen LogP contribution in [-0.4, -0.2) is 43.8 Å². The number of hydrogen-bond donors (Lipinski definition) is 1. The molecule has 40 heavy (non-hydrogen) atoms. The molecule has 9 heteroatoms. The summed E-state index contributed by atoms with van der Waals surface area (Å²) in [7, 11) is -4.12. The molecule has 214 valence electrons. The van der Waals surface area contributed by atoms with Gasteiger partial charge in [0, 0.05) is 17.6 Å². The highest BCUT2D eigenvalue weighted by Gasteiger charge is 2.33. The van der Waals surface area contributed by atoms with Crippen LogP contribution < -0.4 is 9.62 Å². The normalized spacial score (nSPS) is 12.9. The van der Waals surface area contributed by atoms with Crippen LogP contribution in [0.15, 0.2) is 71.6 Å². The molecule has 0 fully saturated rings. The Morgan fingerprint density at radius 2 is 1.50 bits per heavy atom. The number of hydrogen-bond acceptors (Lipinski definition) is 4. The number of halogens is 1. The Bertz CT molecular complexity index is 1440. The maximum atomic E-state index is 14.0. The highest BCUT2D eigenvalue weighted by atomic mass is 35.5. The molecule has 0 aliphatic carbocycles. The smallest absolute Gasteiger partial charge is 0.264 e. The molecule has 0 aliphatic rings. The number of benzene rings is 3. The van der Waals surface area contributed by atoms with Crippen LogP contribution in [0.25, 0.3) is 0 Å². The Morgan fingerprint density at radius 1 is 0.900 bits per heavy atom. The van der Waals surface area contributed by atoms with E-state index in [0.29, 0.717) is 16.3 Å². The number of aryl methyl sites for hydroxylation is 3. The zero-order valence-electron chi connectivity index (χ0n) is 23.9. The molecule has 3 aromatic rings. The van der Waals surface area contributed by atoms with Crippen LogP contribution in [0.4, 0.5) is 5.69 Å². The number of nitrogens with zero attached hydrogens (tertiary/aromatic N) is 2. The Balaban J connectivity index is 2.07. The summed E-state index contributed by atoms with van der Waals surface area (Å²) < 4.78 is 29.1. The second-order valence-electron chi connectivity index (χ2n) is 10.3. The second-order valence-corrected chi connectivity index (χ2v) is 12.5. The SMILES string of the molecule is CC[C@H](C)NC(=O)[C@H](C)N(Cc1ccccc1Cl)C(=O)CN(c1cc(C)cc(C)c1)S(=O)(=O)c1ccc(C)cc1. The molecule has 0 aliphatic heterocycles. The van der Waals surface area contributed by atoms with Gasteiger partial charge >= 0.3 is 0 Å². The molecule has 0 spiro atoms. The van der Waals surface area contributed by atoms with Crippen LogP contribution in [0.3, 0.4) is 0 Å². The summed E-state index contributed by atoms with van der Waals surface area (Å²) in [6.07, 6.45) is 0.728. The minimum absolute atomic E-state index is 0.0405. The van der Waals surface area contributed by atoms with Crippen molar-refractivity contribution in [3.05, 3.63) is 94.0 Å². The van der Waals surface area contributed by atoms with Crippen LogP contribution in [0.1, 0.15) is 49.4 Å². The number of carbonyl (C=O) groups excluding carboxylic acids is 2. The van der Waals surface area contributed by atoms with Gasteiger partial charge in [0.2, 0.25) is 11.8 Å². The molecule has 2 atom stereocenters. The van der Waals surface area contributed by atoms with Crippen molar-refractivity contribution in [3.8, 4) is 0 Å². The molecule has 0 saturated heterocycles. The van der Waals surface area contributed by atoms with Crippen LogP contribution in [0.5, 0.6) is 0 Å². The number of amides is 2. The Morgan fingerprint density at radius 3 is 2.08 bits per heavy atom. The number of rotatable bonds is 11. The zero-order valence-corrected chi connectivity index (χ0v) is 25.5. The first kappa shape index (κ1) is 31.2. The maximum absolute atomic E-state index is 14.0. The molecule has 0 radical (unpaired) electrons. The second kappa shape index (κ2) is 13.3. The molecular formula is C31H38ClN3O4S. The highest BCUT2D eigenvalue weighted by Crippen LogP contribution is 2.27. The van der Waals surface area contributed by atoms with E-state index in [9.17, 15) is 18.0 Å². The van der Waals surface area contributed by atoms with Crippen LogP contribution >= 0.6 is 11.6 Å². The zero-order chi connectivity index (χ0) is 29.6. The summed E-state index contributed by atoms with van der Waals surface area (Å²) in [6, 6.07) is 18.1. The first-order chi connectivity index (χ1) is 18.8. The van der Waals surface area contributed by atoms with E-state index >= 15 is 0 Å². The van der Waals surface area contributed by atoms with Crippen molar-refractivity contribution < 1.29 is 18.0 Å². The molecule has 0 unspecified atom stereocenters. The molecule has 0 saturated carbocycles. The molecule has 2 amide bonds. The van der Waals surface area contributed by atoms with E-state index in [1.807, 2.05) is 40.7 Å². The summed E-state index contributed by atoms with van der Waals surface area (Å²) >= 11 is 6.42. The fourth-order valence-electron chi connectivity index (χ4n) is 4.32. The molecule has 0 aromatic heterocycles. The van der Waals surface area contributed by atoms with Crippen LogP contribution in [0, 0.1) is 20.8 Å². The van der Waals surface area contributed by atoms with Gasteiger partial charge < -0.3 is 10.2 Å². The van der Waals surface area contributed by atoms with Gasteiger partial charge in [0.25, 0.3) is 10.0 Å². The van der Waals surface area contributed by atoms with Gasteiger partial charge in [0.05, 0.1) is 10.6 Å². The van der Waals surface area contributed by atoms with Crippen molar-refractivity contribution in [2.45, 2.75) is 71.5 Å². The summed E-state index contributed by atoms with van der Waals surface area (Å²) in [5.41, 5.74) is 3.67. The van der Waals surface area contributed by atoms with Gasteiger partial charge in [-0.25, -0.2) is 8.42 Å². The molecule has 3 aromatic carbocycles. The first-order valence-electron chi connectivity index (χ1n) is 13.3. The van der Waals surface area contributed by atoms with E-state index in [1.165, 1.54) is 17.0 Å². The van der Waals surface area contributed by atoms with Crippen molar-refractivity contribution in [3.63, 3.8) is 0 Å². The highest BCUT2D eigenvalue weighted by molar-refractivity contribution is 7.92. The third kappa shape index (κ3) is 7.64. The molecule has 7 nitrogen and oxygen atoms in total. The Kier molecular flexibility index (Phi) is 10.4. The Hall–Kier alpha value is -3.36. The van der Waals surface area contributed by atoms with Gasteiger partial charge in [-0.05, 0) is 88.1 Å². The lowest BCUT2D eigenvalue weighted by atomic mass is 10.1. The summed E-state index contributed by atoms with van der Waals surface area (Å²) in [5.74, 6) is -0.851. The summed E-state index contributed by atoms with van der Waals surface area (Å²) in [4.78, 5) is 28.7. The van der Waals surface area contributed by atoms with Gasteiger partial charge in [0.15, 0.2) is 0 Å². The van der Waals surface area contributed by atoms with Gasteiger partial charge in [0.1, 0.15) is 12.6 Å². The van der Waals surface area contributed by atoms with Crippen molar-refractivity contribution in [1.29, 1.82) is 0 Å². The number of anilines is 1. The van der Waals surface area contributed by atoms with Gasteiger partial charge in [-0.2, -0.15) is 0 Å². The number of carbonyl (C=O) groups is 2. The average Bonchev–Trinajstić information content (AvgIpc) is 2.90. The number of sulfonamides is 1. The number of nitrogens with one attached hydrogen (secondary N) is 1. The molecule has 3 rings (SSSR count). The Labute approximate surface area is 243 Å². The fourth-order valence-corrected chi connectivity index (χ4v) is 5.91. The third-order valence-electron chi connectivity index (χ3n) is 6.85. The van der Waals surface area contributed by atoms with Crippen molar-refractivity contribution in [1.82, 2.24) is 10.2 Å². The molecular weight excluding hydrogens is 546 g/mol. The fraction of sp³-hybridized carbons (Fsp3) is 0.355. The van der Waals surface area contributed by atoms with E-state index in [0.717, 1.165) is 27.4 Å². The lowest BCUT2D eigenvalue weighted by Crippen LogP contribution is -2.52. The van der Waals surface area contributed by atoms with E-state index in [-0.39, 0.29) is 23.4 Å². The predicted molar refractivity (Wildman–Crippen MR) is 161 cm³/mol. The van der Waals surface area contributed by atoms with E-state index < -0.39 is 28.5 Å². The van der Waals surface area contributed by atoms with Gasteiger partial charge in [-0.1, -0.05) is 60.5 Å². The monoisotopic (exact) mass is 583 g/mol. The predicted octanol–water partition coefficient (Wildman–Crippen LogP) is 5.79. The minimum Gasteiger partial charge on any atom is -0.352 e. The van der Waals surface area contributed by atoms with E-state index in [4.69, 9.17) is 11.6 Å². The molecule has 1 N–H and O–H groups in total. The largest absolute Gasteiger partial charge is 0.352 e. The van der Waals surface area contributed by atoms with E-state index in [2.05, 4.69) is 5.32 Å². The van der Waals surface area contributed by atoms with Crippen molar-refractivity contribution in [2.24, 2.45) is 0 Å².